The number of carboxylic acids is 1. The predicted molar refractivity (Wildman–Crippen MR) is 60.3 cm³/mol. The van der Waals surface area contributed by atoms with Gasteiger partial charge in [-0.3, -0.25) is 9.48 Å². The molecule has 0 bridgehead atoms. The number of carboxylic acid groups (broad SMARTS) is 1. The average molecular weight is 254 g/mol. The number of nitrogens with zero attached hydrogens (tertiary/aromatic N) is 4. The Morgan fingerprint density at radius 3 is 3.12 bits per heavy atom. The van der Waals surface area contributed by atoms with E-state index in [1.807, 2.05) is 0 Å². The molecule has 7 nitrogen and oxygen atoms in total. The van der Waals surface area contributed by atoms with Crippen molar-refractivity contribution >= 4 is 17.7 Å². The molecule has 2 aromatic heterocycles. The van der Waals surface area contributed by atoms with Crippen molar-refractivity contribution in [3.63, 3.8) is 0 Å². The number of aliphatic carboxylic acids is 1. The van der Waals surface area contributed by atoms with Crippen LogP contribution in [0.4, 0.5) is 0 Å². The summed E-state index contributed by atoms with van der Waals surface area (Å²) in [5, 5.41) is 16.4. The van der Waals surface area contributed by atoms with Crippen molar-refractivity contribution in [1.82, 2.24) is 19.9 Å². The summed E-state index contributed by atoms with van der Waals surface area (Å²) >= 11 is 1.21. The smallest absolute Gasteiger partial charge is 0.313 e. The molecule has 0 spiro atoms. The van der Waals surface area contributed by atoms with E-state index in [0.29, 0.717) is 23.2 Å². The van der Waals surface area contributed by atoms with Gasteiger partial charge in [-0.05, 0) is 6.07 Å². The lowest BCUT2D eigenvalue weighted by molar-refractivity contribution is -0.133. The average Bonchev–Trinajstić information content (AvgIpc) is 2.86. The Labute approximate surface area is 101 Å². The number of hydrogen-bond donors (Lipinski definition) is 1. The van der Waals surface area contributed by atoms with E-state index in [-0.39, 0.29) is 5.75 Å². The number of aryl methyl sites for hydroxylation is 1. The molecule has 0 aliphatic rings. The van der Waals surface area contributed by atoms with E-state index in [2.05, 4.69) is 15.2 Å². The number of carbonyl (C=O) groups is 1. The summed E-state index contributed by atoms with van der Waals surface area (Å²) in [5.74, 6) is 0.348. The highest BCUT2D eigenvalue weighted by atomic mass is 32.2. The van der Waals surface area contributed by atoms with Gasteiger partial charge < -0.3 is 9.63 Å². The van der Waals surface area contributed by atoms with Crippen LogP contribution in [0, 0.1) is 0 Å². The lowest BCUT2D eigenvalue weighted by atomic mass is 10.4. The maximum absolute atomic E-state index is 10.3. The van der Waals surface area contributed by atoms with Gasteiger partial charge in [-0.15, -0.1) is 11.8 Å². The van der Waals surface area contributed by atoms with E-state index in [0.717, 1.165) is 0 Å². The lowest BCUT2D eigenvalue weighted by Crippen LogP contribution is -1.98. The third-order valence-electron chi connectivity index (χ3n) is 1.86. The first-order chi connectivity index (χ1) is 8.15. The van der Waals surface area contributed by atoms with Crippen LogP contribution in [0.2, 0.25) is 0 Å². The highest BCUT2D eigenvalue weighted by Crippen LogP contribution is 2.15. The monoisotopic (exact) mass is 254 g/mol. The Morgan fingerprint density at radius 2 is 2.47 bits per heavy atom. The van der Waals surface area contributed by atoms with E-state index < -0.39 is 5.97 Å². The molecule has 0 amide bonds. The van der Waals surface area contributed by atoms with E-state index >= 15 is 0 Å². The number of aromatic nitrogens is 4. The van der Waals surface area contributed by atoms with Gasteiger partial charge in [0.1, 0.15) is 5.69 Å². The molecule has 0 aromatic carbocycles. The van der Waals surface area contributed by atoms with Gasteiger partial charge >= 0.3 is 5.97 Å². The van der Waals surface area contributed by atoms with Gasteiger partial charge in [0.15, 0.2) is 0 Å². The molecule has 0 aliphatic carbocycles. The second kappa shape index (κ2) is 5.00. The molecule has 17 heavy (non-hydrogen) atoms. The minimum absolute atomic E-state index is 0.0152. The highest BCUT2D eigenvalue weighted by Gasteiger charge is 2.11. The van der Waals surface area contributed by atoms with Crippen molar-refractivity contribution in [2.75, 3.05) is 5.75 Å². The van der Waals surface area contributed by atoms with Crippen molar-refractivity contribution in [2.24, 2.45) is 7.05 Å². The van der Waals surface area contributed by atoms with E-state index in [9.17, 15) is 4.79 Å². The maximum atomic E-state index is 10.3. The normalized spacial score (nSPS) is 10.6. The molecular weight excluding hydrogens is 244 g/mol. The van der Waals surface area contributed by atoms with Crippen LogP contribution < -0.4 is 0 Å². The summed E-state index contributed by atoms with van der Waals surface area (Å²) in [7, 11) is 1.80. The summed E-state index contributed by atoms with van der Waals surface area (Å²) in [5.41, 5.74) is 0.630. The summed E-state index contributed by atoms with van der Waals surface area (Å²) in [6.45, 7) is 0. The zero-order chi connectivity index (χ0) is 12.3. The molecule has 0 fully saturated rings. The van der Waals surface area contributed by atoms with Gasteiger partial charge in [-0.2, -0.15) is 10.1 Å². The Hall–Kier alpha value is -1.83. The minimum Gasteiger partial charge on any atom is -0.481 e. The number of hydrogen-bond acceptors (Lipinski definition) is 6. The molecule has 2 heterocycles. The second-order valence-corrected chi connectivity index (χ2v) is 4.26. The van der Waals surface area contributed by atoms with Gasteiger partial charge in [-0.25, -0.2) is 0 Å². The quantitative estimate of drug-likeness (QED) is 0.842. The van der Waals surface area contributed by atoms with Crippen LogP contribution in [0.3, 0.4) is 0 Å². The van der Waals surface area contributed by atoms with E-state index in [4.69, 9.17) is 9.63 Å². The van der Waals surface area contributed by atoms with E-state index in [1.165, 1.54) is 11.8 Å². The Balaban J connectivity index is 1.98. The standard InChI is InChI=1S/C9H10N4O3S/c1-13-3-2-6(11-13)9-10-7(16-12-9)4-17-5-8(14)15/h2-3H,4-5H2,1H3,(H,14,15). The molecule has 0 unspecified atom stereocenters. The lowest BCUT2D eigenvalue weighted by Gasteiger charge is -1.90. The fourth-order valence-electron chi connectivity index (χ4n) is 1.18. The zero-order valence-electron chi connectivity index (χ0n) is 9.03. The van der Waals surface area contributed by atoms with Gasteiger partial charge in [0.05, 0.1) is 11.5 Å². The van der Waals surface area contributed by atoms with Crippen molar-refractivity contribution in [3.05, 3.63) is 18.2 Å². The fraction of sp³-hybridized carbons (Fsp3) is 0.333. The topological polar surface area (TPSA) is 94.0 Å². The molecular formula is C9H10N4O3S. The minimum atomic E-state index is -0.862. The predicted octanol–water partition coefficient (Wildman–Crippen LogP) is 0.788. The van der Waals surface area contributed by atoms with Gasteiger partial charge in [0.25, 0.3) is 0 Å². The number of thioether (sulfide) groups is 1. The van der Waals surface area contributed by atoms with Crippen molar-refractivity contribution < 1.29 is 14.4 Å². The summed E-state index contributed by atoms with van der Waals surface area (Å²) in [4.78, 5) is 14.4. The van der Waals surface area contributed by atoms with Crippen LogP contribution >= 0.6 is 11.8 Å². The first-order valence-electron chi connectivity index (χ1n) is 4.77. The third-order valence-corrected chi connectivity index (χ3v) is 2.76. The largest absolute Gasteiger partial charge is 0.481 e. The molecule has 1 N–H and O–H groups in total. The zero-order valence-corrected chi connectivity index (χ0v) is 9.85. The molecule has 0 saturated heterocycles. The highest BCUT2D eigenvalue weighted by molar-refractivity contribution is 7.99. The SMILES string of the molecule is Cn1ccc(-c2noc(CSCC(=O)O)n2)n1. The first-order valence-corrected chi connectivity index (χ1v) is 5.93. The Morgan fingerprint density at radius 1 is 1.65 bits per heavy atom. The Bertz CT molecular complexity index is 522. The van der Waals surface area contributed by atoms with Crippen LogP contribution in [0.25, 0.3) is 11.5 Å². The van der Waals surface area contributed by atoms with Gasteiger partial charge in [0, 0.05) is 13.2 Å². The summed E-state index contributed by atoms with van der Waals surface area (Å²) in [6.07, 6.45) is 1.78. The molecule has 0 atom stereocenters. The maximum Gasteiger partial charge on any atom is 0.313 e. The molecule has 8 heteroatoms. The summed E-state index contributed by atoms with van der Waals surface area (Å²) in [6, 6.07) is 1.78. The van der Waals surface area contributed by atoms with Gasteiger partial charge in [-0.1, -0.05) is 5.16 Å². The van der Waals surface area contributed by atoms with Crippen molar-refractivity contribution in [3.8, 4) is 11.5 Å². The van der Waals surface area contributed by atoms with Crippen LogP contribution in [0.15, 0.2) is 16.8 Å². The van der Waals surface area contributed by atoms with Crippen molar-refractivity contribution in [1.29, 1.82) is 0 Å². The molecule has 0 aliphatic heterocycles. The number of rotatable bonds is 5. The van der Waals surface area contributed by atoms with Crippen LogP contribution in [0.1, 0.15) is 5.89 Å². The van der Waals surface area contributed by atoms with Gasteiger partial charge in [0.2, 0.25) is 11.7 Å². The second-order valence-electron chi connectivity index (χ2n) is 3.27. The van der Waals surface area contributed by atoms with Crippen LogP contribution in [0.5, 0.6) is 0 Å². The van der Waals surface area contributed by atoms with Crippen LogP contribution in [-0.4, -0.2) is 36.7 Å². The molecule has 2 aromatic rings. The molecule has 0 radical (unpaired) electrons. The Kier molecular flexibility index (Phi) is 3.43. The third kappa shape index (κ3) is 3.06. The molecule has 2 rings (SSSR count). The summed E-state index contributed by atoms with van der Waals surface area (Å²) < 4.78 is 6.63. The molecule has 0 saturated carbocycles. The van der Waals surface area contributed by atoms with E-state index in [1.54, 1.807) is 24.0 Å². The fourth-order valence-corrected chi connectivity index (χ4v) is 1.75. The first kappa shape index (κ1) is 11.6. The van der Waals surface area contributed by atoms with Crippen LogP contribution in [-0.2, 0) is 17.6 Å². The van der Waals surface area contributed by atoms with Crippen molar-refractivity contribution in [2.45, 2.75) is 5.75 Å². The molecule has 90 valence electrons.